The number of carboxylic acids is 1. The summed E-state index contributed by atoms with van der Waals surface area (Å²) in [4.78, 5) is 16.7. The molecule has 0 radical (unpaired) electrons. The summed E-state index contributed by atoms with van der Waals surface area (Å²) in [5.41, 5.74) is 11.0. The molecule has 0 aliphatic heterocycles. The molecule has 0 saturated carbocycles. The number of nitrogens with one attached hydrogen (secondary N) is 1. The zero-order chi connectivity index (χ0) is 23.0. The van der Waals surface area contributed by atoms with Crippen molar-refractivity contribution in [1.29, 1.82) is 0 Å². The van der Waals surface area contributed by atoms with Crippen LogP contribution in [0.3, 0.4) is 0 Å². The molecule has 0 saturated heterocycles. The van der Waals surface area contributed by atoms with Crippen LogP contribution in [0, 0.1) is 0 Å². The molecule has 0 spiro atoms. The molecule has 0 amide bonds. The largest absolute Gasteiger partial charge is 0.481 e. The van der Waals surface area contributed by atoms with Crippen LogP contribution in [0.2, 0.25) is 0 Å². The molecule has 0 aliphatic carbocycles. The van der Waals surface area contributed by atoms with Crippen molar-refractivity contribution in [3.05, 3.63) is 112 Å². The van der Waals surface area contributed by atoms with Crippen LogP contribution in [0.5, 0.6) is 0 Å². The fraction of sp³-hybridized carbons (Fsp3) is 0.111. The second kappa shape index (κ2) is 10.6. The van der Waals surface area contributed by atoms with Crippen molar-refractivity contribution in [1.82, 2.24) is 0 Å². The molecular formula is C27H25N3O2S. The molecule has 6 heteroatoms. The average Bonchev–Trinajstić information content (AvgIpc) is 3.37. The van der Waals surface area contributed by atoms with Gasteiger partial charge in [0.15, 0.2) is 0 Å². The van der Waals surface area contributed by atoms with Gasteiger partial charge in [-0.2, -0.15) is 0 Å². The van der Waals surface area contributed by atoms with E-state index in [0.717, 1.165) is 33.1 Å². The molecule has 1 unspecified atom stereocenters. The van der Waals surface area contributed by atoms with Crippen LogP contribution in [0.4, 0.5) is 17.1 Å². The van der Waals surface area contributed by atoms with Crippen molar-refractivity contribution in [2.75, 3.05) is 5.32 Å². The number of nitrogens with zero attached hydrogens (tertiary/aromatic N) is 1. The zero-order valence-corrected chi connectivity index (χ0v) is 18.8. The molecule has 1 aromatic heterocycles. The Balaban J connectivity index is 1.54. The number of amidine groups is 1. The standard InChI is InChI=1S/C27H25N3O2S/c28-27(25-7-4-18-33-25)30-23-14-10-20(11-15-23)24(16-17-26(31)32)19-8-12-22(13-9-19)29-21-5-2-1-3-6-21/h1-15,18,24,29H,16-17H2,(H2,28,30)(H,31,32). The topological polar surface area (TPSA) is 87.7 Å². The van der Waals surface area contributed by atoms with E-state index in [1.54, 1.807) is 11.3 Å². The van der Waals surface area contributed by atoms with Gasteiger partial charge in [-0.15, -0.1) is 11.3 Å². The quantitative estimate of drug-likeness (QED) is 0.198. The monoisotopic (exact) mass is 455 g/mol. The molecule has 33 heavy (non-hydrogen) atoms. The normalized spacial score (nSPS) is 12.3. The Morgan fingerprint density at radius 3 is 2.12 bits per heavy atom. The minimum Gasteiger partial charge on any atom is -0.481 e. The first-order valence-corrected chi connectivity index (χ1v) is 11.6. The van der Waals surface area contributed by atoms with E-state index in [9.17, 15) is 9.90 Å². The summed E-state index contributed by atoms with van der Waals surface area (Å²) < 4.78 is 0. The molecule has 4 N–H and O–H groups in total. The van der Waals surface area contributed by atoms with Gasteiger partial charge in [-0.05, 0) is 65.4 Å². The first kappa shape index (κ1) is 22.3. The minimum atomic E-state index is -0.799. The summed E-state index contributed by atoms with van der Waals surface area (Å²) in [6, 6.07) is 29.9. The van der Waals surface area contributed by atoms with E-state index in [-0.39, 0.29) is 12.3 Å². The van der Waals surface area contributed by atoms with Crippen molar-refractivity contribution in [2.45, 2.75) is 18.8 Å². The van der Waals surface area contributed by atoms with E-state index in [4.69, 9.17) is 5.73 Å². The van der Waals surface area contributed by atoms with E-state index in [1.165, 1.54) is 0 Å². The second-order valence-electron chi connectivity index (χ2n) is 7.66. The van der Waals surface area contributed by atoms with Gasteiger partial charge >= 0.3 is 5.97 Å². The predicted molar refractivity (Wildman–Crippen MR) is 136 cm³/mol. The summed E-state index contributed by atoms with van der Waals surface area (Å²) in [5.74, 6) is -0.339. The van der Waals surface area contributed by atoms with Crippen LogP contribution in [-0.4, -0.2) is 16.9 Å². The van der Waals surface area contributed by atoms with Gasteiger partial charge in [0.1, 0.15) is 5.84 Å². The van der Waals surface area contributed by atoms with Crippen LogP contribution < -0.4 is 11.1 Å². The van der Waals surface area contributed by atoms with E-state index < -0.39 is 5.97 Å². The third-order valence-corrected chi connectivity index (χ3v) is 6.23. The predicted octanol–water partition coefficient (Wildman–Crippen LogP) is 6.53. The molecule has 5 nitrogen and oxygen atoms in total. The minimum absolute atomic E-state index is 0.0282. The lowest BCUT2D eigenvalue weighted by Crippen LogP contribution is -2.10. The van der Waals surface area contributed by atoms with Gasteiger partial charge in [0.2, 0.25) is 0 Å². The lowest BCUT2D eigenvalue weighted by Gasteiger charge is -2.18. The summed E-state index contributed by atoms with van der Waals surface area (Å²) >= 11 is 1.55. The van der Waals surface area contributed by atoms with E-state index in [2.05, 4.69) is 22.4 Å². The molecule has 0 bridgehead atoms. The number of hydrogen-bond donors (Lipinski definition) is 3. The lowest BCUT2D eigenvalue weighted by atomic mass is 9.87. The van der Waals surface area contributed by atoms with Gasteiger partial charge in [0.25, 0.3) is 0 Å². The van der Waals surface area contributed by atoms with Crippen molar-refractivity contribution in [3.8, 4) is 0 Å². The smallest absolute Gasteiger partial charge is 0.303 e. The number of benzene rings is 3. The van der Waals surface area contributed by atoms with E-state index in [0.29, 0.717) is 12.3 Å². The molecule has 1 atom stereocenters. The maximum Gasteiger partial charge on any atom is 0.303 e. The van der Waals surface area contributed by atoms with E-state index in [1.807, 2.05) is 84.2 Å². The Hall–Kier alpha value is -3.90. The number of para-hydroxylation sites is 1. The fourth-order valence-electron chi connectivity index (χ4n) is 3.68. The third kappa shape index (κ3) is 6.08. The van der Waals surface area contributed by atoms with Crippen LogP contribution in [0.25, 0.3) is 0 Å². The molecule has 0 fully saturated rings. The maximum absolute atomic E-state index is 11.3. The number of aliphatic imine (C=N–C) groups is 1. The molecule has 4 aromatic rings. The summed E-state index contributed by atoms with van der Waals surface area (Å²) in [7, 11) is 0. The highest BCUT2D eigenvalue weighted by atomic mass is 32.1. The molecule has 4 rings (SSSR count). The number of hydrogen-bond acceptors (Lipinski definition) is 4. The first-order valence-electron chi connectivity index (χ1n) is 10.7. The molecule has 166 valence electrons. The lowest BCUT2D eigenvalue weighted by molar-refractivity contribution is -0.137. The van der Waals surface area contributed by atoms with Gasteiger partial charge in [0.05, 0.1) is 10.6 Å². The van der Waals surface area contributed by atoms with Crippen LogP contribution in [0.15, 0.2) is 101 Å². The highest BCUT2D eigenvalue weighted by molar-refractivity contribution is 7.12. The number of carbonyl (C=O) groups is 1. The van der Waals surface area contributed by atoms with Gasteiger partial charge < -0.3 is 16.2 Å². The maximum atomic E-state index is 11.3. The highest BCUT2D eigenvalue weighted by Gasteiger charge is 2.16. The Kier molecular flexibility index (Phi) is 7.17. The van der Waals surface area contributed by atoms with Crippen LogP contribution in [-0.2, 0) is 4.79 Å². The number of aliphatic carboxylic acids is 1. The number of thiophene rings is 1. The van der Waals surface area contributed by atoms with Crippen molar-refractivity contribution < 1.29 is 9.90 Å². The van der Waals surface area contributed by atoms with Crippen LogP contribution >= 0.6 is 11.3 Å². The third-order valence-electron chi connectivity index (χ3n) is 5.34. The molecule has 3 aromatic carbocycles. The van der Waals surface area contributed by atoms with Gasteiger partial charge in [0, 0.05) is 23.7 Å². The second-order valence-corrected chi connectivity index (χ2v) is 8.61. The summed E-state index contributed by atoms with van der Waals surface area (Å²) in [5, 5.41) is 14.6. The molecule has 1 heterocycles. The Bertz CT molecular complexity index is 1200. The first-order chi connectivity index (χ1) is 16.1. The van der Waals surface area contributed by atoms with Crippen molar-refractivity contribution in [3.63, 3.8) is 0 Å². The highest BCUT2D eigenvalue weighted by Crippen LogP contribution is 2.32. The fourth-order valence-corrected chi connectivity index (χ4v) is 4.31. The molecule has 0 aliphatic rings. The SMILES string of the molecule is NC(=Nc1ccc(C(CCC(=O)O)c2ccc(Nc3ccccc3)cc2)cc1)c1cccs1. The molecular weight excluding hydrogens is 430 g/mol. The van der Waals surface area contributed by atoms with Gasteiger partial charge in [-0.3, -0.25) is 4.79 Å². The Labute approximate surface area is 197 Å². The number of rotatable bonds is 9. The Morgan fingerprint density at radius 1 is 0.879 bits per heavy atom. The van der Waals surface area contributed by atoms with Crippen LogP contribution in [0.1, 0.15) is 34.8 Å². The number of carboxylic acid groups (broad SMARTS) is 1. The summed E-state index contributed by atoms with van der Waals surface area (Å²) in [6.45, 7) is 0. The van der Waals surface area contributed by atoms with Crippen molar-refractivity contribution >= 4 is 40.2 Å². The van der Waals surface area contributed by atoms with Crippen molar-refractivity contribution in [2.24, 2.45) is 10.7 Å². The number of anilines is 2. The van der Waals surface area contributed by atoms with Gasteiger partial charge in [-0.25, -0.2) is 4.99 Å². The van der Waals surface area contributed by atoms with Gasteiger partial charge in [-0.1, -0.05) is 48.5 Å². The average molecular weight is 456 g/mol. The zero-order valence-electron chi connectivity index (χ0n) is 18.0. The Morgan fingerprint density at radius 2 is 1.52 bits per heavy atom. The summed E-state index contributed by atoms with van der Waals surface area (Å²) in [6.07, 6.45) is 0.612. The van der Waals surface area contributed by atoms with E-state index >= 15 is 0 Å². The number of nitrogens with two attached hydrogens (primary N) is 1.